The van der Waals surface area contributed by atoms with E-state index >= 15 is 0 Å². The number of benzene rings is 1. The second kappa shape index (κ2) is 10.8. The fourth-order valence-corrected chi connectivity index (χ4v) is 5.06. The molecule has 2 aliphatic heterocycles. The van der Waals surface area contributed by atoms with Gasteiger partial charge in [0.05, 0.1) is 17.0 Å². The van der Waals surface area contributed by atoms with Crippen LogP contribution in [0.5, 0.6) is 0 Å². The highest BCUT2D eigenvalue weighted by atomic mass is 32.2. The highest BCUT2D eigenvalue weighted by molar-refractivity contribution is 8.14. The molecule has 1 amide bonds. The Kier molecular flexibility index (Phi) is 8.03. The Bertz CT molecular complexity index is 953. The monoisotopic (exact) mass is 477 g/mol. The molecule has 12 heteroatoms. The van der Waals surface area contributed by atoms with Crippen LogP contribution in [0.3, 0.4) is 0 Å². The van der Waals surface area contributed by atoms with Crippen molar-refractivity contribution in [2.45, 2.75) is 43.7 Å². The van der Waals surface area contributed by atoms with Gasteiger partial charge in [-0.1, -0.05) is 11.8 Å². The van der Waals surface area contributed by atoms with E-state index in [-0.39, 0.29) is 46.5 Å². The van der Waals surface area contributed by atoms with Gasteiger partial charge in [0.1, 0.15) is 6.61 Å². The highest BCUT2D eigenvalue weighted by Gasteiger charge is 2.39. The number of ether oxygens (including phenoxy) is 1. The molecular formula is C21H27N5O6S. The average molecular weight is 478 g/mol. The number of hydrogen-bond acceptors (Lipinski definition) is 9. The molecule has 0 radical (unpaired) electrons. The Hall–Kier alpha value is -2.99. The lowest BCUT2D eigenvalue weighted by Gasteiger charge is -2.24. The zero-order valence-corrected chi connectivity index (χ0v) is 19.3. The molecule has 0 spiro atoms. The van der Waals surface area contributed by atoms with Gasteiger partial charge in [-0.3, -0.25) is 29.6 Å². The fourth-order valence-electron chi connectivity index (χ4n) is 4.01. The smallest absolute Gasteiger partial charge is 0.373 e. The summed E-state index contributed by atoms with van der Waals surface area (Å²) in [4.78, 5) is 54.6. The van der Waals surface area contributed by atoms with Crippen LogP contribution in [0, 0.1) is 10.1 Å². The molecule has 178 valence electrons. The largest absolute Gasteiger partial charge is 0.455 e. The van der Waals surface area contributed by atoms with Crippen molar-refractivity contribution in [2.24, 2.45) is 10.7 Å². The normalized spacial score (nSPS) is 23.5. The summed E-state index contributed by atoms with van der Waals surface area (Å²) in [6, 6.07) is 5.09. The first-order valence-corrected chi connectivity index (χ1v) is 11.4. The first-order chi connectivity index (χ1) is 15.6. The third kappa shape index (κ3) is 6.51. The summed E-state index contributed by atoms with van der Waals surface area (Å²) in [6.07, 6.45) is 1.21. The zero-order chi connectivity index (χ0) is 24.1. The molecule has 1 aromatic carbocycles. The first-order valence-electron chi connectivity index (χ1n) is 10.5. The number of non-ortho nitro benzene ring substituents is 1. The quantitative estimate of drug-likeness (QED) is 0.208. The van der Waals surface area contributed by atoms with Crippen LogP contribution in [0.1, 0.15) is 25.3 Å². The lowest BCUT2D eigenvalue weighted by atomic mass is 10.2. The van der Waals surface area contributed by atoms with Crippen LogP contribution in [0.15, 0.2) is 29.3 Å². The van der Waals surface area contributed by atoms with Gasteiger partial charge in [-0.15, -0.1) is 0 Å². The second-order valence-electron chi connectivity index (χ2n) is 8.16. The van der Waals surface area contributed by atoms with Gasteiger partial charge >= 0.3 is 5.97 Å². The minimum absolute atomic E-state index is 0.00108. The van der Waals surface area contributed by atoms with E-state index < -0.39 is 10.9 Å². The summed E-state index contributed by atoms with van der Waals surface area (Å²) in [6.45, 7) is 3.01. The Morgan fingerprint density at radius 2 is 1.97 bits per heavy atom. The van der Waals surface area contributed by atoms with E-state index in [4.69, 9.17) is 10.5 Å². The van der Waals surface area contributed by atoms with Crippen molar-refractivity contribution < 1.29 is 24.0 Å². The summed E-state index contributed by atoms with van der Waals surface area (Å²) in [7, 11) is 1.88. The van der Waals surface area contributed by atoms with Crippen LogP contribution < -0.4 is 5.73 Å². The number of rotatable bonds is 6. The molecule has 0 aromatic heterocycles. The van der Waals surface area contributed by atoms with Gasteiger partial charge in [0.15, 0.2) is 5.12 Å². The molecule has 2 N–H and O–H groups in total. The number of amidine groups is 1. The number of likely N-dealkylation sites (tertiary alicyclic amines) is 2. The van der Waals surface area contributed by atoms with Crippen molar-refractivity contribution in [3.05, 3.63) is 39.9 Å². The minimum atomic E-state index is -0.780. The topological polar surface area (TPSA) is 148 Å². The molecule has 1 aromatic rings. The SMILES string of the molecule is CC(=O)S[C@H]1C[C@@H](C(=O)N2CC[C@@H](N=C(N)C(=O)OCc3ccc([N+](=O)[O-])cc3)C2)N(C)C1. The maximum Gasteiger partial charge on any atom is 0.373 e. The van der Waals surface area contributed by atoms with Gasteiger partial charge in [0, 0.05) is 43.9 Å². The van der Waals surface area contributed by atoms with Crippen LogP contribution in [-0.2, 0) is 25.7 Å². The van der Waals surface area contributed by atoms with E-state index in [2.05, 4.69) is 4.99 Å². The molecule has 0 bridgehead atoms. The lowest BCUT2D eigenvalue weighted by Crippen LogP contribution is -2.43. The maximum atomic E-state index is 13.0. The number of nitrogens with two attached hydrogens (primary N) is 1. The summed E-state index contributed by atoms with van der Waals surface area (Å²) < 4.78 is 5.13. The van der Waals surface area contributed by atoms with Crippen molar-refractivity contribution in [1.82, 2.24) is 9.80 Å². The summed E-state index contributed by atoms with van der Waals surface area (Å²) in [5.74, 6) is -1.05. The van der Waals surface area contributed by atoms with Crippen LogP contribution in [0.2, 0.25) is 0 Å². The number of nitro benzene ring substituents is 1. The molecule has 11 nitrogen and oxygen atoms in total. The lowest BCUT2D eigenvalue weighted by molar-refractivity contribution is -0.384. The Morgan fingerprint density at radius 1 is 1.27 bits per heavy atom. The molecule has 3 atom stereocenters. The van der Waals surface area contributed by atoms with E-state index in [1.54, 1.807) is 4.90 Å². The number of nitrogens with zero attached hydrogens (tertiary/aromatic N) is 4. The van der Waals surface area contributed by atoms with Gasteiger partial charge in [-0.25, -0.2) is 4.79 Å². The van der Waals surface area contributed by atoms with Gasteiger partial charge in [-0.2, -0.15) is 0 Å². The average Bonchev–Trinajstić information content (AvgIpc) is 3.37. The third-order valence-corrected chi connectivity index (χ3v) is 6.66. The zero-order valence-electron chi connectivity index (χ0n) is 18.5. The number of likely N-dealkylation sites (N-methyl/N-ethyl adjacent to an activating group) is 1. The minimum Gasteiger partial charge on any atom is -0.455 e. The summed E-state index contributed by atoms with van der Waals surface area (Å²) in [5, 5.41) is 10.8. The van der Waals surface area contributed by atoms with Crippen molar-refractivity contribution in [1.29, 1.82) is 0 Å². The standard InChI is InChI=1S/C21H27N5O6S/c1-13(27)33-17-9-18(24(2)11-17)20(28)25-8-7-15(10-25)23-19(22)21(29)32-12-14-3-5-16(6-4-14)26(30)31/h3-6,15,17-18H,7-12H2,1-2H3,(H2,22,23)/t15-,17+,18+/m1/s1. The number of carbonyl (C=O) groups is 3. The molecule has 2 aliphatic rings. The van der Waals surface area contributed by atoms with Crippen LogP contribution in [0.4, 0.5) is 5.69 Å². The number of amides is 1. The Labute approximate surface area is 195 Å². The van der Waals surface area contributed by atoms with E-state index in [9.17, 15) is 24.5 Å². The molecular weight excluding hydrogens is 450 g/mol. The van der Waals surface area contributed by atoms with E-state index in [0.29, 0.717) is 38.0 Å². The molecule has 2 heterocycles. The first kappa shape index (κ1) is 24.6. The van der Waals surface area contributed by atoms with E-state index in [0.717, 1.165) is 0 Å². The van der Waals surface area contributed by atoms with Gasteiger partial charge in [0.2, 0.25) is 11.7 Å². The summed E-state index contributed by atoms with van der Waals surface area (Å²) in [5.41, 5.74) is 6.33. The maximum absolute atomic E-state index is 13.0. The molecule has 0 aliphatic carbocycles. The van der Waals surface area contributed by atoms with Gasteiger partial charge < -0.3 is 15.4 Å². The molecule has 3 rings (SSSR count). The number of aliphatic imine (C=N–C) groups is 1. The molecule has 2 fully saturated rings. The van der Waals surface area contributed by atoms with Crippen molar-refractivity contribution in [3.63, 3.8) is 0 Å². The van der Waals surface area contributed by atoms with Crippen molar-refractivity contribution in [3.8, 4) is 0 Å². The number of hydrogen-bond donors (Lipinski definition) is 1. The van der Waals surface area contributed by atoms with Crippen LogP contribution in [0.25, 0.3) is 0 Å². The number of nitro groups is 1. The summed E-state index contributed by atoms with van der Waals surface area (Å²) >= 11 is 1.28. The predicted molar refractivity (Wildman–Crippen MR) is 123 cm³/mol. The number of thioether (sulfide) groups is 1. The van der Waals surface area contributed by atoms with Crippen molar-refractivity contribution in [2.75, 3.05) is 26.7 Å². The highest BCUT2D eigenvalue weighted by Crippen LogP contribution is 2.29. The number of esters is 1. The molecule has 2 saturated heterocycles. The van der Waals surface area contributed by atoms with Gasteiger partial charge in [-0.05, 0) is 37.6 Å². The van der Waals surface area contributed by atoms with E-state index in [1.165, 1.54) is 43.0 Å². The predicted octanol–water partition coefficient (Wildman–Crippen LogP) is 0.949. The van der Waals surface area contributed by atoms with Crippen LogP contribution in [-0.4, -0.2) is 81.6 Å². The van der Waals surface area contributed by atoms with Crippen molar-refractivity contribution >= 4 is 40.3 Å². The van der Waals surface area contributed by atoms with Crippen LogP contribution >= 0.6 is 11.8 Å². The Balaban J connectivity index is 1.49. The number of carbonyl (C=O) groups excluding carboxylic acids is 3. The third-order valence-electron chi connectivity index (χ3n) is 5.65. The molecule has 33 heavy (non-hydrogen) atoms. The fraction of sp³-hybridized carbons (Fsp3) is 0.524. The molecule has 0 saturated carbocycles. The van der Waals surface area contributed by atoms with E-state index in [1.807, 2.05) is 11.9 Å². The second-order valence-corrected chi connectivity index (χ2v) is 9.64. The van der Waals surface area contributed by atoms with Gasteiger partial charge in [0.25, 0.3) is 5.69 Å². The Morgan fingerprint density at radius 3 is 2.61 bits per heavy atom. The molecule has 0 unspecified atom stereocenters.